The van der Waals surface area contributed by atoms with Gasteiger partial charge in [0, 0.05) is 39.3 Å². The molecule has 2 fully saturated rings. The number of amides is 1. The summed E-state index contributed by atoms with van der Waals surface area (Å²) < 4.78 is 0. The van der Waals surface area contributed by atoms with Crippen molar-refractivity contribution in [2.75, 3.05) is 50.7 Å². The highest BCUT2D eigenvalue weighted by molar-refractivity contribution is 7.16. The number of nitrogens with one attached hydrogen (secondary N) is 2. The second kappa shape index (κ2) is 9.64. The first-order valence-electron chi connectivity index (χ1n) is 9.48. The average molecular weight is 411 g/mol. The Morgan fingerprint density at radius 2 is 2.15 bits per heavy atom. The van der Waals surface area contributed by atoms with Crippen LogP contribution in [0.3, 0.4) is 0 Å². The van der Waals surface area contributed by atoms with Crippen molar-refractivity contribution >= 4 is 45.7 Å². The predicted molar refractivity (Wildman–Crippen MR) is 112 cm³/mol. The Bertz CT molecular complexity index is 750. The number of rotatable bonds is 6. The second-order valence-corrected chi connectivity index (χ2v) is 7.82. The normalized spacial score (nSPS) is 20.6. The number of halogens is 1. The van der Waals surface area contributed by atoms with Gasteiger partial charge < -0.3 is 20.4 Å². The first-order valence-corrected chi connectivity index (χ1v) is 10.4. The molecule has 2 aromatic rings. The van der Waals surface area contributed by atoms with E-state index in [1.54, 1.807) is 17.7 Å². The zero-order valence-electron chi connectivity index (χ0n) is 15.4. The van der Waals surface area contributed by atoms with Gasteiger partial charge in [-0.15, -0.1) is 23.7 Å². The molecule has 7 nitrogen and oxygen atoms in total. The molecule has 4 heterocycles. The zero-order chi connectivity index (χ0) is 17.8. The lowest BCUT2D eigenvalue weighted by molar-refractivity contribution is -0.122. The van der Waals surface area contributed by atoms with Crippen molar-refractivity contribution in [1.82, 2.24) is 25.5 Å². The van der Waals surface area contributed by atoms with Crippen molar-refractivity contribution < 1.29 is 4.79 Å². The minimum atomic E-state index is -0.118. The Morgan fingerprint density at radius 1 is 1.30 bits per heavy atom. The van der Waals surface area contributed by atoms with Gasteiger partial charge in [-0.05, 0) is 37.3 Å². The van der Waals surface area contributed by atoms with Crippen LogP contribution in [0.1, 0.15) is 19.3 Å². The van der Waals surface area contributed by atoms with Crippen LogP contribution in [0.4, 0.5) is 5.82 Å². The van der Waals surface area contributed by atoms with Crippen molar-refractivity contribution in [3.8, 4) is 0 Å². The highest BCUT2D eigenvalue weighted by Gasteiger charge is 2.32. The van der Waals surface area contributed by atoms with Crippen LogP contribution >= 0.6 is 23.7 Å². The Morgan fingerprint density at radius 3 is 3.00 bits per heavy atom. The molecule has 2 N–H and O–H groups in total. The third-order valence-electron chi connectivity index (χ3n) is 5.23. The van der Waals surface area contributed by atoms with Gasteiger partial charge in [0.05, 0.1) is 5.39 Å². The summed E-state index contributed by atoms with van der Waals surface area (Å²) in [6.07, 6.45) is 4.52. The van der Waals surface area contributed by atoms with E-state index in [2.05, 4.69) is 36.5 Å². The maximum atomic E-state index is 12.7. The van der Waals surface area contributed by atoms with Crippen molar-refractivity contribution in [2.24, 2.45) is 0 Å². The van der Waals surface area contributed by atoms with Gasteiger partial charge in [0.15, 0.2) is 0 Å². The average Bonchev–Trinajstić information content (AvgIpc) is 3.34. The van der Waals surface area contributed by atoms with Crippen molar-refractivity contribution in [3.63, 3.8) is 0 Å². The molecule has 1 amide bonds. The van der Waals surface area contributed by atoms with Gasteiger partial charge in [-0.2, -0.15) is 0 Å². The summed E-state index contributed by atoms with van der Waals surface area (Å²) in [5, 5.41) is 9.59. The largest absolute Gasteiger partial charge is 0.354 e. The van der Waals surface area contributed by atoms with E-state index in [1.807, 2.05) is 5.38 Å². The maximum Gasteiger partial charge on any atom is 0.242 e. The van der Waals surface area contributed by atoms with E-state index in [9.17, 15) is 4.79 Å². The smallest absolute Gasteiger partial charge is 0.242 e. The summed E-state index contributed by atoms with van der Waals surface area (Å²) in [6.45, 7) is 7.02. The van der Waals surface area contributed by atoms with Crippen molar-refractivity contribution in [3.05, 3.63) is 17.8 Å². The Labute approximate surface area is 169 Å². The van der Waals surface area contributed by atoms with E-state index in [4.69, 9.17) is 0 Å². The quantitative estimate of drug-likeness (QED) is 0.703. The molecule has 148 valence electrons. The number of piperazine rings is 1. The van der Waals surface area contributed by atoms with Crippen LogP contribution < -0.4 is 15.5 Å². The number of thiophene rings is 1. The van der Waals surface area contributed by atoms with Crippen molar-refractivity contribution in [1.29, 1.82) is 0 Å². The molecule has 2 saturated heterocycles. The van der Waals surface area contributed by atoms with Crippen LogP contribution in [0.5, 0.6) is 0 Å². The molecule has 0 radical (unpaired) electrons. The van der Waals surface area contributed by atoms with Crippen LogP contribution in [-0.2, 0) is 4.79 Å². The number of nitrogens with zero attached hydrogens (tertiary/aromatic N) is 4. The number of hydrogen-bond acceptors (Lipinski definition) is 7. The minimum absolute atomic E-state index is 0. The second-order valence-electron chi connectivity index (χ2n) is 6.92. The van der Waals surface area contributed by atoms with Crippen LogP contribution in [-0.4, -0.2) is 72.6 Å². The van der Waals surface area contributed by atoms with E-state index in [0.29, 0.717) is 0 Å². The Kier molecular flexibility index (Phi) is 7.23. The fourth-order valence-electron chi connectivity index (χ4n) is 3.87. The zero-order valence-corrected chi connectivity index (χ0v) is 17.0. The van der Waals surface area contributed by atoms with E-state index in [0.717, 1.165) is 81.1 Å². The van der Waals surface area contributed by atoms with Gasteiger partial charge >= 0.3 is 0 Å². The van der Waals surface area contributed by atoms with Crippen LogP contribution in [0.15, 0.2) is 17.8 Å². The lowest BCUT2D eigenvalue weighted by Gasteiger charge is -2.27. The molecule has 1 atom stereocenters. The molecular weight excluding hydrogens is 384 g/mol. The summed E-state index contributed by atoms with van der Waals surface area (Å²) in [7, 11) is 0. The highest BCUT2D eigenvalue weighted by Crippen LogP contribution is 2.31. The van der Waals surface area contributed by atoms with Crippen LogP contribution in [0.25, 0.3) is 10.2 Å². The Balaban J connectivity index is 0.00000210. The fourth-order valence-corrected chi connectivity index (χ4v) is 4.59. The van der Waals surface area contributed by atoms with E-state index in [1.165, 1.54) is 0 Å². The summed E-state index contributed by atoms with van der Waals surface area (Å²) in [5.41, 5.74) is 0. The summed E-state index contributed by atoms with van der Waals surface area (Å²) in [6, 6.07) is 1.93. The van der Waals surface area contributed by atoms with Gasteiger partial charge in [-0.1, -0.05) is 0 Å². The summed E-state index contributed by atoms with van der Waals surface area (Å²) in [5.74, 6) is 1.03. The van der Waals surface area contributed by atoms with Gasteiger partial charge in [0.2, 0.25) is 5.91 Å². The number of anilines is 1. The van der Waals surface area contributed by atoms with Gasteiger partial charge in [-0.3, -0.25) is 4.79 Å². The molecule has 4 rings (SSSR count). The third-order valence-corrected chi connectivity index (χ3v) is 6.05. The lowest BCUT2D eigenvalue weighted by atomic mass is 10.2. The molecule has 0 spiro atoms. The number of aromatic nitrogens is 2. The molecule has 0 bridgehead atoms. The van der Waals surface area contributed by atoms with E-state index < -0.39 is 0 Å². The molecule has 9 heteroatoms. The van der Waals surface area contributed by atoms with E-state index >= 15 is 0 Å². The summed E-state index contributed by atoms with van der Waals surface area (Å²) in [4.78, 5) is 27.1. The fraction of sp³-hybridized carbons (Fsp3) is 0.611. The van der Waals surface area contributed by atoms with Gasteiger partial charge in [0.25, 0.3) is 0 Å². The molecule has 27 heavy (non-hydrogen) atoms. The monoisotopic (exact) mass is 410 g/mol. The SMILES string of the molecule is Cl.O=C(NCCCN1CCNCC1)C1CCCN1c1ncnc2sccc12. The molecule has 1 unspecified atom stereocenters. The van der Waals surface area contributed by atoms with E-state index in [-0.39, 0.29) is 24.4 Å². The van der Waals surface area contributed by atoms with Crippen molar-refractivity contribution in [2.45, 2.75) is 25.3 Å². The molecule has 2 aromatic heterocycles. The molecule has 0 aromatic carbocycles. The molecule has 2 aliphatic rings. The predicted octanol–water partition coefficient (Wildman–Crippen LogP) is 1.49. The van der Waals surface area contributed by atoms with Crippen LogP contribution in [0, 0.1) is 0 Å². The number of fused-ring (bicyclic) bond motifs is 1. The number of carbonyl (C=O) groups excluding carboxylic acids is 1. The van der Waals surface area contributed by atoms with Gasteiger partial charge in [-0.25, -0.2) is 9.97 Å². The topological polar surface area (TPSA) is 73.4 Å². The standard InChI is InChI=1S/C18H26N6OS.ClH/c25-17(20-5-2-8-23-10-6-19-7-11-23)15-3-1-9-24(15)16-14-4-12-26-18(14)22-13-21-16;/h4,12-13,15,19H,1-3,5-11H2,(H,20,25);1H. The van der Waals surface area contributed by atoms with Crippen LogP contribution in [0.2, 0.25) is 0 Å². The third kappa shape index (κ3) is 4.68. The molecule has 2 aliphatic heterocycles. The number of hydrogen-bond donors (Lipinski definition) is 2. The highest BCUT2D eigenvalue weighted by atomic mass is 35.5. The van der Waals surface area contributed by atoms with Gasteiger partial charge in [0.1, 0.15) is 23.0 Å². The molecule has 0 aliphatic carbocycles. The Hall–Kier alpha value is -1.48. The lowest BCUT2D eigenvalue weighted by Crippen LogP contribution is -2.46. The maximum absolute atomic E-state index is 12.7. The summed E-state index contributed by atoms with van der Waals surface area (Å²) >= 11 is 1.61. The molecular formula is C18H27ClN6OS. The molecule has 0 saturated carbocycles. The first kappa shape index (κ1) is 20.3. The minimum Gasteiger partial charge on any atom is -0.354 e. The number of carbonyl (C=O) groups is 1. The first-order chi connectivity index (χ1) is 12.8.